The van der Waals surface area contributed by atoms with Crippen molar-refractivity contribution in [3.63, 3.8) is 0 Å². The minimum absolute atomic E-state index is 0.138. The number of H-pyrrole nitrogens is 1. The van der Waals surface area contributed by atoms with E-state index in [4.69, 9.17) is 27.4 Å². The Kier molecular flexibility index (Phi) is 6.11. The standard InChI is InChI=1S/C24H16Cl2N2O2S2/c25-18-5-3-6-19(26)17(18)13-31-30-15-8-9-22-21(11-15)28-24(29)23(32-22)10-14-12-27-20-7-2-1-4-16(14)20/h1-12,27H,13H2,(H,28,29)/b23-10-. The zero-order valence-electron chi connectivity index (χ0n) is 16.5. The highest BCUT2D eigenvalue weighted by Crippen LogP contribution is 2.41. The van der Waals surface area contributed by atoms with Crippen LogP contribution in [0.3, 0.4) is 0 Å². The van der Waals surface area contributed by atoms with Gasteiger partial charge in [-0.1, -0.05) is 59.2 Å². The monoisotopic (exact) mass is 498 g/mol. The van der Waals surface area contributed by atoms with Gasteiger partial charge in [0.2, 0.25) is 0 Å². The van der Waals surface area contributed by atoms with Gasteiger partial charge in [-0.15, -0.1) is 0 Å². The number of carbonyl (C=O) groups excluding carboxylic acids is 1. The van der Waals surface area contributed by atoms with Crippen LogP contribution in [0.25, 0.3) is 17.0 Å². The van der Waals surface area contributed by atoms with Gasteiger partial charge in [0.15, 0.2) is 0 Å². The van der Waals surface area contributed by atoms with Crippen LogP contribution in [0.5, 0.6) is 5.75 Å². The average Bonchev–Trinajstić information content (AvgIpc) is 3.19. The van der Waals surface area contributed by atoms with Gasteiger partial charge in [-0.05, 0) is 36.4 Å². The summed E-state index contributed by atoms with van der Waals surface area (Å²) >= 11 is 15.1. The first-order chi connectivity index (χ1) is 15.6. The number of hydrogen-bond donors (Lipinski definition) is 2. The summed E-state index contributed by atoms with van der Waals surface area (Å²) in [5.74, 6) is 1.01. The lowest BCUT2D eigenvalue weighted by Gasteiger charge is -2.19. The number of aromatic amines is 1. The minimum atomic E-state index is -0.138. The summed E-state index contributed by atoms with van der Waals surface area (Å²) in [6, 6.07) is 19.1. The second kappa shape index (κ2) is 9.16. The fraction of sp³-hybridized carbons (Fsp3) is 0.0417. The molecular weight excluding hydrogens is 483 g/mol. The van der Waals surface area contributed by atoms with Crippen LogP contribution < -0.4 is 9.50 Å². The zero-order chi connectivity index (χ0) is 22.1. The number of thioether (sulfide) groups is 1. The summed E-state index contributed by atoms with van der Waals surface area (Å²) in [6.45, 7) is 0. The van der Waals surface area contributed by atoms with E-state index in [1.807, 2.05) is 60.8 Å². The van der Waals surface area contributed by atoms with Crippen molar-refractivity contribution < 1.29 is 8.98 Å². The van der Waals surface area contributed by atoms with Crippen LogP contribution in [0.2, 0.25) is 10.0 Å². The van der Waals surface area contributed by atoms with Gasteiger partial charge in [-0.3, -0.25) is 4.79 Å². The number of anilines is 1. The summed E-state index contributed by atoms with van der Waals surface area (Å²) < 4.78 is 5.80. The molecule has 0 unspecified atom stereocenters. The lowest BCUT2D eigenvalue weighted by atomic mass is 10.1. The lowest BCUT2D eigenvalue weighted by Crippen LogP contribution is -2.17. The van der Waals surface area contributed by atoms with Crippen molar-refractivity contribution >= 4 is 75.6 Å². The maximum Gasteiger partial charge on any atom is 0.262 e. The van der Waals surface area contributed by atoms with Crippen molar-refractivity contribution in [1.29, 1.82) is 0 Å². The van der Waals surface area contributed by atoms with E-state index in [9.17, 15) is 4.79 Å². The Morgan fingerprint density at radius 1 is 1.03 bits per heavy atom. The SMILES string of the molecule is O=C1Nc2cc(OSCc3c(Cl)cccc3Cl)ccc2S/C1=C\c1c[nH]c2ccccc12. The van der Waals surface area contributed by atoms with E-state index < -0.39 is 0 Å². The quantitative estimate of drug-likeness (QED) is 0.217. The topological polar surface area (TPSA) is 54.1 Å². The molecule has 1 aromatic heterocycles. The van der Waals surface area contributed by atoms with Crippen molar-refractivity contribution in [1.82, 2.24) is 4.98 Å². The fourth-order valence-corrected chi connectivity index (χ4v) is 5.71. The van der Waals surface area contributed by atoms with Gasteiger partial charge in [0.05, 0.1) is 28.4 Å². The molecule has 0 fully saturated rings. The largest absolute Gasteiger partial charge is 0.425 e. The van der Waals surface area contributed by atoms with Gasteiger partial charge in [0.25, 0.3) is 5.91 Å². The number of fused-ring (bicyclic) bond motifs is 2. The highest BCUT2D eigenvalue weighted by atomic mass is 35.5. The smallest absolute Gasteiger partial charge is 0.262 e. The number of carbonyl (C=O) groups is 1. The molecule has 160 valence electrons. The molecule has 1 aliphatic rings. The molecule has 0 atom stereocenters. The Morgan fingerprint density at radius 3 is 2.69 bits per heavy atom. The molecule has 8 heteroatoms. The lowest BCUT2D eigenvalue weighted by molar-refractivity contribution is -0.112. The first-order valence-corrected chi connectivity index (χ1v) is 12.2. The Morgan fingerprint density at radius 2 is 1.84 bits per heavy atom. The number of hydrogen-bond acceptors (Lipinski definition) is 4. The maximum absolute atomic E-state index is 12.7. The molecule has 0 radical (unpaired) electrons. The molecule has 4 nitrogen and oxygen atoms in total. The second-order valence-corrected chi connectivity index (χ2v) is 9.65. The van der Waals surface area contributed by atoms with Crippen molar-refractivity contribution in [2.45, 2.75) is 10.6 Å². The van der Waals surface area contributed by atoms with Crippen LogP contribution in [0.4, 0.5) is 5.69 Å². The number of nitrogens with one attached hydrogen (secondary N) is 2. The van der Waals surface area contributed by atoms with Gasteiger partial charge < -0.3 is 14.5 Å². The number of para-hydroxylation sites is 1. The molecule has 5 rings (SSSR count). The highest BCUT2D eigenvalue weighted by molar-refractivity contribution is 8.04. The molecule has 1 amide bonds. The third-order valence-electron chi connectivity index (χ3n) is 4.97. The van der Waals surface area contributed by atoms with Crippen LogP contribution in [0.1, 0.15) is 11.1 Å². The van der Waals surface area contributed by atoms with Crippen molar-refractivity contribution in [2.75, 3.05) is 5.32 Å². The molecule has 2 heterocycles. The van der Waals surface area contributed by atoms with Crippen LogP contribution >= 0.6 is 47.0 Å². The van der Waals surface area contributed by atoms with Gasteiger partial charge in [-0.2, -0.15) is 0 Å². The summed E-state index contributed by atoms with van der Waals surface area (Å²) in [5.41, 5.74) is 3.58. The van der Waals surface area contributed by atoms with E-state index in [-0.39, 0.29) is 5.91 Å². The Hall–Kier alpha value is -2.51. The Labute approximate surface area is 203 Å². The predicted molar refractivity (Wildman–Crippen MR) is 136 cm³/mol. The van der Waals surface area contributed by atoms with E-state index in [0.717, 1.165) is 32.6 Å². The van der Waals surface area contributed by atoms with Crippen molar-refractivity contribution in [2.24, 2.45) is 0 Å². The van der Waals surface area contributed by atoms with Crippen LogP contribution in [-0.4, -0.2) is 10.9 Å². The molecule has 0 aliphatic carbocycles. The Bertz CT molecular complexity index is 1350. The molecule has 2 N–H and O–H groups in total. The van der Waals surface area contributed by atoms with Crippen LogP contribution in [0.15, 0.2) is 76.7 Å². The third-order valence-corrected chi connectivity index (χ3v) is 7.49. The van der Waals surface area contributed by atoms with Crippen LogP contribution in [-0.2, 0) is 10.5 Å². The van der Waals surface area contributed by atoms with Crippen molar-refractivity contribution in [3.05, 3.63) is 92.9 Å². The van der Waals surface area contributed by atoms with E-state index in [1.54, 1.807) is 12.1 Å². The van der Waals surface area contributed by atoms with E-state index in [2.05, 4.69) is 10.3 Å². The molecule has 0 bridgehead atoms. The number of aromatic nitrogens is 1. The number of rotatable bonds is 5. The summed E-state index contributed by atoms with van der Waals surface area (Å²) in [7, 11) is 0. The number of benzene rings is 3. The molecule has 0 spiro atoms. The average molecular weight is 499 g/mol. The van der Waals surface area contributed by atoms with Gasteiger partial charge >= 0.3 is 0 Å². The normalized spacial score (nSPS) is 14.4. The summed E-state index contributed by atoms with van der Waals surface area (Å²) in [5, 5.41) is 5.27. The zero-order valence-corrected chi connectivity index (χ0v) is 19.7. The first-order valence-electron chi connectivity index (χ1n) is 9.72. The molecule has 3 aromatic carbocycles. The van der Waals surface area contributed by atoms with Crippen molar-refractivity contribution in [3.8, 4) is 5.75 Å². The fourth-order valence-electron chi connectivity index (χ4n) is 3.37. The predicted octanol–water partition coefficient (Wildman–Crippen LogP) is 7.79. The summed E-state index contributed by atoms with van der Waals surface area (Å²) in [6.07, 6.45) is 3.83. The minimum Gasteiger partial charge on any atom is -0.425 e. The van der Waals surface area contributed by atoms with E-state index in [0.29, 0.717) is 26.5 Å². The molecule has 1 aliphatic heterocycles. The van der Waals surface area contributed by atoms with Gasteiger partial charge in [0.1, 0.15) is 5.75 Å². The van der Waals surface area contributed by atoms with Crippen LogP contribution in [0, 0.1) is 0 Å². The second-order valence-electron chi connectivity index (χ2n) is 7.06. The molecule has 32 heavy (non-hydrogen) atoms. The number of amides is 1. The van der Waals surface area contributed by atoms with E-state index in [1.165, 1.54) is 23.8 Å². The molecular formula is C24H16Cl2N2O2S2. The summed E-state index contributed by atoms with van der Waals surface area (Å²) in [4.78, 5) is 17.6. The molecule has 0 saturated carbocycles. The molecule has 4 aromatic rings. The number of halogens is 2. The highest BCUT2D eigenvalue weighted by Gasteiger charge is 2.22. The van der Waals surface area contributed by atoms with Gasteiger partial charge in [0, 0.05) is 49.2 Å². The third kappa shape index (κ3) is 4.36. The van der Waals surface area contributed by atoms with Gasteiger partial charge in [-0.25, -0.2) is 0 Å². The maximum atomic E-state index is 12.7. The Balaban J connectivity index is 1.30. The first kappa shape index (κ1) is 21.3. The van der Waals surface area contributed by atoms with E-state index >= 15 is 0 Å². The molecule has 0 saturated heterocycles.